The van der Waals surface area contributed by atoms with Gasteiger partial charge in [-0.15, -0.1) is 0 Å². The molecule has 0 atom stereocenters. The molecule has 2 heterocycles. The number of aromatic nitrogens is 1. The van der Waals surface area contributed by atoms with Crippen LogP contribution in [0, 0.1) is 0 Å². The van der Waals surface area contributed by atoms with Crippen molar-refractivity contribution in [3.8, 4) is 0 Å². The second-order valence-electron chi connectivity index (χ2n) is 5.05. The van der Waals surface area contributed by atoms with E-state index in [-0.39, 0.29) is 0 Å². The molecule has 0 unspecified atom stereocenters. The SMILES string of the molecule is CNc1cc(Nc2ccc(N3CCCC3)cc2)ccn1. The average molecular weight is 268 g/mol. The molecule has 3 rings (SSSR count). The van der Waals surface area contributed by atoms with Crippen LogP contribution in [0.2, 0.25) is 0 Å². The van der Waals surface area contributed by atoms with Gasteiger partial charge in [0.2, 0.25) is 0 Å². The summed E-state index contributed by atoms with van der Waals surface area (Å²) in [5.41, 5.74) is 3.46. The summed E-state index contributed by atoms with van der Waals surface area (Å²) in [6.07, 6.45) is 4.42. The van der Waals surface area contributed by atoms with Gasteiger partial charge in [-0.05, 0) is 43.2 Å². The maximum Gasteiger partial charge on any atom is 0.127 e. The van der Waals surface area contributed by atoms with Gasteiger partial charge in [0.25, 0.3) is 0 Å². The van der Waals surface area contributed by atoms with Crippen LogP contribution in [-0.2, 0) is 0 Å². The molecule has 1 aliphatic rings. The lowest BCUT2D eigenvalue weighted by molar-refractivity contribution is 0.949. The normalized spacial score (nSPS) is 14.3. The van der Waals surface area contributed by atoms with E-state index in [9.17, 15) is 0 Å². The van der Waals surface area contributed by atoms with E-state index in [1.54, 1.807) is 6.20 Å². The zero-order valence-corrected chi connectivity index (χ0v) is 11.8. The molecule has 0 radical (unpaired) electrons. The number of nitrogens with one attached hydrogen (secondary N) is 2. The van der Waals surface area contributed by atoms with Crippen LogP contribution >= 0.6 is 0 Å². The summed E-state index contributed by atoms with van der Waals surface area (Å²) in [5, 5.41) is 6.44. The Kier molecular flexibility index (Phi) is 3.72. The van der Waals surface area contributed by atoms with E-state index < -0.39 is 0 Å². The molecular formula is C16H20N4. The third-order valence-corrected chi connectivity index (χ3v) is 3.64. The second-order valence-corrected chi connectivity index (χ2v) is 5.05. The molecule has 1 aliphatic heterocycles. The molecule has 0 saturated carbocycles. The third kappa shape index (κ3) is 2.85. The van der Waals surface area contributed by atoms with E-state index in [1.807, 2.05) is 19.2 Å². The fourth-order valence-electron chi connectivity index (χ4n) is 2.54. The molecule has 4 heteroatoms. The lowest BCUT2D eigenvalue weighted by atomic mass is 10.2. The van der Waals surface area contributed by atoms with Crippen LogP contribution < -0.4 is 15.5 Å². The predicted octanol–water partition coefficient (Wildman–Crippen LogP) is 3.47. The van der Waals surface area contributed by atoms with Gasteiger partial charge in [0.1, 0.15) is 5.82 Å². The van der Waals surface area contributed by atoms with Gasteiger partial charge in [-0.1, -0.05) is 0 Å². The van der Waals surface area contributed by atoms with E-state index in [0.717, 1.165) is 17.2 Å². The maximum atomic E-state index is 4.21. The quantitative estimate of drug-likeness (QED) is 0.891. The monoisotopic (exact) mass is 268 g/mol. The number of rotatable bonds is 4. The number of pyridine rings is 1. The van der Waals surface area contributed by atoms with Crippen molar-refractivity contribution in [2.75, 3.05) is 35.7 Å². The minimum atomic E-state index is 0.865. The first-order valence-electron chi connectivity index (χ1n) is 7.11. The molecule has 1 aromatic heterocycles. The average Bonchev–Trinajstić information content (AvgIpc) is 3.02. The Balaban J connectivity index is 1.71. The highest BCUT2D eigenvalue weighted by Crippen LogP contribution is 2.24. The maximum absolute atomic E-state index is 4.21. The molecule has 1 fully saturated rings. The molecule has 0 bridgehead atoms. The zero-order valence-electron chi connectivity index (χ0n) is 11.8. The van der Waals surface area contributed by atoms with Crippen molar-refractivity contribution in [1.29, 1.82) is 0 Å². The van der Waals surface area contributed by atoms with E-state index in [2.05, 4.69) is 44.8 Å². The smallest absolute Gasteiger partial charge is 0.127 e. The number of nitrogens with zero attached hydrogens (tertiary/aromatic N) is 2. The summed E-state index contributed by atoms with van der Waals surface area (Å²) >= 11 is 0. The van der Waals surface area contributed by atoms with Crippen molar-refractivity contribution < 1.29 is 0 Å². The molecule has 0 aliphatic carbocycles. The second kappa shape index (κ2) is 5.82. The Morgan fingerprint density at radius 1 is 1.00 bits per heavy atom. The molecule has 4 nitrogen and oxygen atoms in total. The van der Waals surface area contributed by atoms with Crippen LogP contribution in [0.5, 0.6) is 0 Å². The number of benzene rings is 1. The molecule has 104 valence electrons. The van der Waals surface area contributed by atoms with Crippen LogP contribution in [0.25, 0.3) is 0 Å². The van der Waals surface area contributed by atoms with Gasteiger partial charge < -0.3 is 15.5 Å². The van der Waals surface area contributed by atoms with Crippen molar-refractivity contribution in [3.05, 3.63) is 42.6 Å². The van der Waals surface area contributed by atoms with E-state index >= 15 is 0 Å². The van der Waals surface area contributed by atoms with E-state index in [1.165, 1.54) is 31.6 Å². The highest BCUT2D eigenvalue weighted by atomic mass is 15.1. The van der Waals surface area contributed by atoms with Crippen LogP contribution in [0.4, 0.5) is 22.9 Å². The van der Waals surface area contributed by atoms with Gasteiger partial charge in [0.15, 0.2) is 0 Å². The lowest BCUT2D eigenvalue weighted by Crippen LogP contribution is -2.17. The van der Waals surface area contributed by atoms with E-state index in [4.69, 9.17) is 0 Å². The summed E-state index contributed by atoms with van der Waals surface area (Å²) in [6, 6.07) is 12.6. The summed E-state index contributed by atoms with van der Waals surface area (Å²) in [5.74, 6) is 0.865. The molecule has 0 spiro atoms. The fraction of sp³-hybridized carbons (Fsp3) is 0.312. The Bertz CT molecular complexity index is 559. The Morgan fingerprint density at radius 2 is 1.75 bits per heavy atom. The molecule has 0 amide bonds. The summed E-state index contributed by atoms with van der Waals surface area (Å²) in [4.78, 5) is 6.65. The van der Waals surface area contributed by atoms with Crippen LogP contribution in [0.15, 0.2) is 42.6 Å². The highest BCUT2D eigenvalue weighted by molar-refractivity contribution is 5.64. The highest BCUT2D eigenvalue weighted by Gasteiger charge is 2.11. The zero-order chi connectivity index (χ0) is 13.8. The van der Waals surface area contributed by atoms with Gasteiger partial charge in [0.05, 0.1) is 0 Å². The minimum absolute atomic E-state index is 0.865. The number of hydrogen-bond acceptors (Lipinski definition) is 4. The summed E-state index contributed by atoms with van der Waals surface area (Å²) in [6.45, 7) is 2.37. The van der Waals surface area contributed by atoms with Gasteiger partial charge >= 0.3 is 0 Å². The van der Waals surface area contributed by atoms with Crippen LogP contribution in [-0.4, -0.2) is 25.1 Å². The summed E-state index contributed by atoms with van der Waals surface area (Å²) < 4.78 is 0. The molecule has 20 heavy (non-hydrogen) atoms. The molecular weight excluding hydrogens is 248 g/mol. The largest absolute Gasteiger partial charge is 0.373 e. The predicted molar refractivity (Wildman–Crippen MR) is 85.0 cm³/mol. The Labute approximate surface area is 119 Å². The first-order valence-corrected chi connectivity index (χ1v) is 7.11. The number of anilines is 4. The molecule has 2 aromatic rings. The standard InChI is InChI=1S/C16H20N4/c1-17-16-12-14(8-9-18-16)19-13-4-6-15(7-5-13)20-10-2-3-11-20/h4-9,12H,2-3,10-11H2,1H3,(H2,17,18,19). The van der Waals surface area contributed by atoms with Gasteiger partial charge in [-0.2, -0.15) is 0 Å². The van der Waals surface area contributed by atoms with Gasteiger partial charge in [0, 0.05) is 49.5 Å². The fourth-order valence-corrected chi connectivity index (χ4v) is 2.54. The van der Waals surface area contributed by atoms with Gasteiger partial charge in [-0.25, -0.2) is 4.98 Å². The summed E-state index contributed by atoms with van der Waals surface area (Å²) in [7, 11) is 1.87. The molecule has 2 N–H and O–H groups in total. The first kappa shape index (κ1) is 12.8. The molecule has 1 aromatic carbocycles. The van der Waals surface area contributed by atoms with Gasteiger partial charge in [-0.3, -0.25) is 0 Å². The lowest BCUT2D eigenvalue weighted by Gasteiger charge is -2.18. The third-order valence-electron chi connectivity index (χ3n) is 3.64. The van der Waals surface area contributed by atoms with Crippen LogP contribution in [0.1, 0.15) is 12.8 Å². The Morgan fingerprint density at radius 3 is 2.45 bits per heavy atom. The minimum Gasteiger partial charge on any atom is -0.373 e. The van der Waals surface area contributed by atoms with Crippen molar-refractivity contribution in [2.45, 2.75) is 12.8 Å². The van der Waals surface area contributed by atoms with E-state index in [0.29, 0.717) is 0 Å². The Hall–Kier alpha value is -2.23. The van der Waals surface area contributed by atoms with Crippen LogP contribution in [0.3, 0.4) is 0 Å². The van der Waals surface area contributed by atoms with Crippen molar-refractivity contribution in [1.82, 2.24) is 4.98 Å². The topological polar surface area (TPSA) is 40.2 Å². The number of hydrogen-bond donors (Lipinski definition) is 2. The van der Waals surface area contributed by atoms with Crippen molar-refractivity contribution in [3.63, 3.8) is 0 Å². The first-order chi connectivity index (χ1) is 9.85. The van der Waals surface area contributed by atoms with Crippen molar-refractivity contribution in [2.24, 2.45) is 0 Å². The molecule has 1 saturated heterocycles. The van der Waals surface area contributed by atoms with Crippen molar-refractivity contribution >= 4 is 22.9 Å².